The van der Waals surface area contributed by atoms with Gasteiger partial charge >= 0.3 is 0 Å². The highest BCUT2D eigenvalue weighted by Crippen LogP contribution is 2.44. The first-order chi connectivity index (χ1) is 18.9. The molecular weight excluding hydrogens is 462 g/mol. The predicted octanol–water partition coefficient (Wildman–Crippen LogP) is 9.00. The van der Waals surface area contributed by atoms with Gasteiger partial charge in [0.2, 0.25) is 0 Å². The number of rotatable bonds is 2. The van der Waals surface area contributed by atoms with E-state index in [-0.39, 0.29) is 0 Å². The lowest BCUT2D eigenvalue weighted by molar-refractivity contribution is 1.17. The Labute approximate surface area is 218 Å². The molecule has 0 fully saturated rings. The zero-order valence-corrected chi connectivity index (χ0v) is 20.5. The van der Waals surface area contributed by atoms with Gasteiger partial charge in [-0.1, -0.05) is 72.8 Å². The molecule has 38 heavy (non-hydrogen) atoms. The molecule has 0 aliphatic heterocycles. The van der Waals surface area contributed by atoms with Crippen LogP contribution in [0, 0.1) is 0 Å². The van der Waals surface area contributed by atoms with Crippen molar-refractivity contribution in [3.8, 4) is 16.8 Å². The van der Waals surface area contributed by atoms with Gasteiger partial charge in [-0.15, -0.1) is 0 Å². The third-order valence-corrected chi connectivity index (χ3v) is 8.14. The maximum Gasteiger partial charge on any atom is 0.0626 e. The summed E-state index contributed by atoms with van der Waals surface area (Å²) in [5.74, 6) is 0. The molecule has 0 spiro atoms. The molecule has 0 amide bonds. The molecule has 4 heterocycles. The first-order valence-corrected chi connectivity index (χ1v) is 13.0. The minimum Gasteiger partial charge on any atom is -0.309 e. The minimum absolute atomic E-state index is 1.16. The van der Waals surface area contributed by atoms with E-state index in [2.05, 4.69) is 129 Å². The van der Waals surface area contributed by atoms with Crippen molar-refractivity contribution in [3.05, 3.63) is 128 Å². The van der Waals surface area contributed by atoms with Crippen LogP contribution in [0.25, 0.3) is 76.7 Å². The van der Waals surface area contributed by atoms with Crippen LogP contribution in [0.3, 0.4) is 0 Å². The Morgan fingerprint density at radius 3 is 2.11 bits per heavy atom. The summed E-state index contributed by atoms with van der Waals surface area (Å²) in [4.78, 5) is 4.49. The predicted molar refractivity (Wildman–Crippen MR) is 159 cm³/mol. The van der Waals surface area contributed by atoms with Crippen molar-refractivity contribution in [2.45, 2.75) is 0 Å². The number of benzene rings is 5. The Morgan fingerprint density at radius 1 is 0.500 bits per heavy atom. The van der Waals surface area contributed by atoms with Gasteiger partial charge in [0.1, 0.15) is 0 Å². The van der Waals surface area contributed by atoms with E-state index in [0.29, 0.717) is 0 Å². The van der Waals surface area contributed by atoms with Gasteiger partial charge in [-0.3, -0.25) is 4.98 Å². The number of aromatic nitrogens is 3. The molecule has 4 aromatic heterocycles. The van der Waals surface area contributed by atoms with E-state index in [4.69, 9.17) is 0 Å². The number of para-hydroxylation sites is 3. The lowest BCUT2D eigenvalue weighted by Gasteiger charge is -2.09. The molecule has 0 aliphatic rings. The van der Waals surface area contributed by atoms with Crippen molar-refractivity contribution < 1.29 is 0 Å². The summed E-state index contributed by atoms with van der Waals surface area (Å²) in [6.45, 7) is 0. The topological polar surface area (TPSA) is 22.2 Å². The van der Waals surface area contributed by atoms with Crippen LogP contribution in [-0.4, -0.2) is 14.0 Å². The van der Waals surface area contributed by atoms with Gasteiger partial charge in [-0.2, -0.15) is 0 Å². The van der Waals surface area contributed by atoms with Crippen LogP contribution < -0.4 is 0 Å². The minimum atomic E-state index is 1.16. The smallest absolute Gasteiger partial charge is 0.0626 e. The van der Waals surface area contributed by atoms with E-state index in [1.54, 1.807) is 0 Å². The van der Waals surface area contributed by atoms with Crippen molar-refractivity contribution in [2.75, 3.05) is 0 Å². The first-order valence-electron chi connectivity index (χ1n) is 13.0. The Balaban J connectivity index is 1.41. The normalized spacial score (nSPS) is 12.2. The molecule has 0 unspecified atom stereocenters. The van der Waals surface area contributed by atoms with Crippen LogP contribution in [0.4, 0.5) is 0 Å². The van der Waals surface area contributed by atoms with Gasteiger partial charge in [0.05, 0.1) is 27.6 Å². The molecule has 0 N–H and O–H groups in total. The molecule has 3 heteroatoms. The van der Waals surface area contributed by atoms with Gasteiger partial charge < -0.3 is 8.97 Å². The summed E-state index contributed by atoms with van der Waals surface area (Å²) in [5, 5.41) is 7.61. The van der Waals surface area contributed by atoms with E-state index in [1.165, 1.54) is 71.0 Å². The molecule has 9 aromatic rings. The van der Waals surface area contributed by atoms with E-state index in [1.807, 2.05) is 12.4 Å². The lowest BCUT2D eigenvalue weighted by atomic mass is 9.96. The van der Waals surface area contributed by atoms with E-state index in [0.717, 1.165) is 5.69 Å². The van der Waals surface area contributed by atoms with E-state index < -0.39 is 0 Å². The number of hydrogen-bond acceptors (Lipinski definition) is 1. The average molecular weight is 484 g/mol. The number of pyridine rings is 1. The Bertz CT molecular complexity index is 2340. The van der Waals surface area contributed by atoms with Gasteiger partial charge in [0.15, 0.2) is 0 Å². The third-order valence-electron chi connectivity index (χ3n) is 8.14. The largest absolute Gasteiger partial charge is 0.309 e. The fourth-order valence-electron chi connectivity index (χ4n) is 6.59. The molecule has 0 atom stereocenters. The molecule has 176 valence electrons. The van der Waals surface area contributed by atoms with Crippen LogP contribution in [0.5, 0.6) is 0 Å². The molecule has 0 saturated heterocycles. The second kappa shape index (κ2) is 7.21. The number of nitrogens with zero attached hydrogens (tertiary/aromatic N) is 3. The molecule has 0 aliphatic carbocycles. The zero-order chi connectivity index (χ0) is 24.8. The van der Waals surface area contributed by atoms with Crippen LogP contribution >= 0.6 is 0 Å². The van der Waals surface area contributed by atoms with Gasteiger partial charge in [0, 0.05) is 50.4 Å². The van der Waals surface area contributed by atoms with Gasteiger partial charge in [0.25, 0.3) is 0 Å². The summed E-state index contributed by atoms with van der Waals surface area (Å²) in [5.41, 5.74) is 9.82. The highest BCUT2D eigenvalue weighted by molar-refractivity contribution is 6.27. The first kappa shape index (κ1) is 20.0. The second-order valence-electron chi connectivity index (χ2n) is 10.0. The van der Waals surface area contributed by atoms with Crippen molar-refractivity contribution in [3.63, 3.8) is 0 Å². The Morgan fingerprint density at radius 2 is 1.24 bits per heavy atom. The summed E-state index contributed by atoms with van der Waals surface area (Å²) >= 11 is 0. The van der Waals surface area contributed by atoms with E-state index >= 15 is 0 Å². The molecule has 9 rings (SSSR count). The highest BCUT2D eigenvalue weighted by atomic mass is 15.0. The summed E-state index contributed by atoms with van der Waals surface area (Å²) in [7, 11) is 0. The van der Waals surface area contributed by atoms with Crippen LogP contribution in [-0.2, 0) is 0 Å². The van der Waals surface area contributed by atoms with Crippen molar-refractivity contribution in [1.29, 1.82) is 0 Å². The maximum atomic E-state index is 4.49. The molecule has 5 aromatic carbocycles. The SMILES string of the molecule is c1ccc(-n2c3ccncc3c3cc(-c4ccc5c6ccccc6n6c7ccccc7c4c56)ccc32)cc1. The third kappa shape index (κ3) is 2.45. The fraction of sp³-hybridized carbons (Fsp3) is 0. The monoisotopic (exact) mass is 483 g/mol. The standard InChI is InChI=1S/C35H21N3/c1-2-8-23(9-3-1)37-32-17-14-22(20-28(32)29-21-36-19-18-33(29)37)24-15-16-26-25-10-4-6-12-30(25)38-31-13-7-5-11-27(31)34(24)35(26)38/h1-21H. The van der Waals surface area contributed by atoms with Gasteiger partial charge in [-0.25, -0.2) is 0 Å². The second-order valence-corrected chi connectivity index (χ2v) is 10.0. The maximum absolute atomic E-state index is 4.49. The molecular formula is C35H21N3. The summed E-state index contributed by atoms with van der Waals surface area (Å²) in [6, 6.07) is 41.7. The number of hydrogen-bond donors (Lipinski definition) is 0. The van der Waals surface area contributed by atoms with Crippen LogP contribution in [0.1, 0.15) is 0 Å². The van der Waals surface area contributed by atoms with Crippen molar-refractivity contribution in [2.24, 2.45) is 0 Å². The highest BCUT2D eigenvalue weighted by Gasteiger charge is 2.21. The Hall–Kier alpha value is -5.15. The molecule has 0 bridgehead atoms. The summed E-state index contributed by atoms with van der Waals surface area (Å²) < 4.78 is 4.79. The average Bonchev–Trinajstić information content (AvgIpc) is 3.62. The fourth-order valence-corrected chi connectivity index (χ4v) is 6.59. The molecule has 3 nitrogen and oxygen atoms in total. The molecule has 0 saturated carbocycles. The number of fused-ring (bicyclic) bond motifs is 9. The van der Waals surface area contributed by atoms with Gasteiger partial charge in [-0.05, 0) is 53.6 Å². The lowest BCUT2D eigenvalue weighted by Crippen LogP contribution is -1.93. The quantitative estimate of drug-likeness (QED) is 0.240. The van der Waals surface area contributed by atoms with Crippen LogP contribution in [0.2, 0.25) is 0 Å². The van der Waals surface area contributed by atoms with E-state index in [9.17, 15) is 0 Å². The molecule has 0 radical (unpaired) electrons. The van der Waals surface area contributed by atoms with Crippen molar-refractivity contribution in [1.82, 2.24) is 14.0 Å². The van der Waals surface area contributed by atoms with Crippen molar-refractivity contribution >= 4 is 59.9 Å². The Kier molecular flexibility index (Phi) is 3.79. The zero-order valence-electron chi connectivity index (χ0n) is 20.5. The summed E-state index contributed by atoms with van der Waals surface area (Å²) in [6.07, 6.45) is 3.88. The van der Waals surface area contributed by atoms with Crippen LogP contribution in [0.15, 0.2) is 128 Å².